The normalized spacial score (nSPS) is 11.5. The number of halogens is 1. The van der Waals surface area contributed by atoms with Crippen molar-refractivity contribution < 1.29 is 0 Å². The lowest BCUT2D eigenvalue weighted by Gasteiger charge is -2.11. The number of rotatable bonds is 9. The summed E-state index contributed by atoms with van der Waals surface area (Å²) in [5, 5.41) is 8.55. The van der Waals surface area contributed by atoms with Crippen LogP contribution in [0.3, 0.4) is 0 Å². The van der Waals surface area contributed by atoms with Crippen LogP contribution in [0.25, 0.3) is 160 Å². The molecule has 0 bridgehead atoms. The van der Waals surface area contributed by atoms with Gasteiger partial charge in [0.2, 0.25) is 0 Å². The maximum atomic E-state index is 5.93. The maximum Gasteiger partial charge on any atom is 0.0548 e. The molecule has 0 saturated heterocycles. The molecule has 3 radical (unpaired) electrons. The highest BCUT2D eigenvalue weighted by atomic mass is 35.5. The third kappa shape index (κ3) is 11.5. The molecule has 479 valence electrons. The number of aromatic nitrogens is 3. The van der Waals surface area contributed by atoms with Crippen molar-refractivity contribution in [2.75, 3.05) is 0 Å². The molecule has 20 rings (SSSR count). The molecule has 19 aromatic rings. The van der Waals surface area contributed by atoms with Crippen LogP contribution >= 0.6 is 11.6 Å². The van der Waals surface area contributed by atoms with Gasteiger partial charge in [-0.25, -0.2) is 0 Å². The van der Waals surface area contributed by atoms with Crippen LogP contribution in [0.4, 0.5) is 0 Å². The summed E-state index contributed by atoms with van der Waals surface area (Å²) in [6.07, 6.45) is 1.02. The van der Waals surface area contributed by atoms with Gasteiger partial charge >= 0.3 is 0 Å². The maximum absolute atomic E-state index is 5.93. The van der Waals surface area contributed by atoms with Crippen LogP contribution in [-0.4, -0.2) is 22.1 Å². The molecule has 3 aromatic heterocycles. The highest BCUT2D eigenvalue weighted by Crippen LogP contribution is 2.47. The molecule has 102 heavy (non-hydrogen) atoms. The first-order chi connectivity index (χ1) is 50.0. The summed E-state index contributed by atoms with van der Waals surface area (Å²) in [5.74, 6) is 0. The van der Waals surface area contributed by atoms with E-state index in [1.807, 2.05) is 30.3 Å². The lowest BCUT2D eigenvalue weighted by Crippen LogP contribution is -1.95. The third-order valence-electron chi connectivity index (χ3n) is 20.1. The number of benzene rings is 16. The van der Waals surface area contributed by atoms with Gasteiger partial charge < -0.3 is 13.7 Å². The Hall–Kier alpha value is -12.7. The van der Waals surface area contributed by atoms with Crippen LogP contribution in [0.1, 0.15) is 11.1 Å². The van der Waals surface area contributed by atoms with Gasteiger partial charge in [-0.2, -0.15) is 0 Å². The van der Waals surface area contributed by atoms with Gasteiger partial charge in [-0.15, -0.1) is 0 Å². The molecule has 0 fully saturated rings. The largest absolute Gasteiger partial charge is 0.309 e. The number of hydrogen-bond donors (Lipinski definition) is 0. The van der Waals surface area contributed by atoms with Crippen molar-refractivity contribution in [3.8, 4) is 95.0 Å². The van der Waals surface area contributed by atoms with E-state index in [0.717, 1.165) is 22.8 Å². The predicted octanol–water partition coefficient (Wildman–Crippen LogP) is 26.2. The van der Waals surface area contributed by atoms with Crippen LogP contribution in [0.2, 0.25) is 5.02 Å². The average molecular weight is 1320 g/mol. The topological polar surface area (TPSA) is 14.8 Å². The Bertz CT molecular complexity index is 6240. The Morgan fingerprint density at radius 3 is 0.892 bits per heavy atom. The molecule has 3 nitrogen and oxygen atoms in total. The van der Waals surface area contributed by atoms with E-state index in [0.29, 0.717) is 0 Å². The molecule has 0 N–H and O–H groups in total. The highest BCUT2D eigenvalue weighted by molar-refractivity contribution is 6.31. The molecule has 0 saturated carbocycles. The van der Waals surface area contributed by atoms with Crippen LogP contribution in [0.15, 0.2) is 388 Å². The zero-order valence-corrected chi connectivity index (χ0v) is 56.7. The van der Waals surface area contributed by atoms with E-state index in [2.05, 4.69) is 372 Å². The first-order valence-electron chi connectivity index (χ1n) is 34.6. The molecule has 0 spiro atoms. The Labute approximate surface area is 600 Å². The summed E-state index contributed by atoms with van der Waals surface area (Å²) in [7, 11) is 0. The van der Waals surface area contributed by atoms with Crippen molar-refractivity contribution in [3.63, 3.8) is 0 Å². The molecule has 0 amide bonds. The number of hydrogen-bond acceptors (Lipinski definition) is 0. The van der Waals surface area contributed by atoms with E-state index in [4.69, 9.17) is 11.6 Å². The monoisotopic (exact) mass is 1320 g/mol. The van der Waals surface area contributed by atoms with E-state index >= 15 is 0 Å². The van der Waals surface area contributed by atoms with Crippen LogP contribution in [0, 0.1) is 0 Å². The quantitative estimate of drug-likeness (QED) is 0.128. The van der Waals surface area contributed by atoms with E-state index in [1.165, 1.54) is 160 Å². The third-order valence-corrected chi connectivity index (χ3v) is 20.4. The van der Waals surface area contributed by atoms with Gasteiger partial charge in [-0.1, -0.05) is 303 Å². The average Bonchev–Trinajstić information content (AvgIpc) is 1.56. The Morgan fingerprint density at radius 2 is 0.490 bits per heavy atom. The number of nitrogens with zero attached hydrogens (tertiary/aromatic N) is 3. The minimum atomic E-state index is 0. The molecule has 5 heteroatoms. The van der Waals surface area contributed by atoms with Gasteiger partial charge in [0.05, 0.1) is 33.1 Å². The molecule has 1 aliphatic carbocycles. The molecule has 0 atom stereocenters. The number of fused-ring (bicyclic) bond motifs is 14. The Balaban J connectivity index is 0.000000127. The van der Waals surface area contributed by atoms with Crippen molar-refractivity contribution in [3.05, 3.63) is 404 Å². The van der Waals surface area contributed by atoms with Gasteiger partial charge in [-0.3, -0.25) is 0 Å². The lowest BCUT2D eigenvalue weighted by molar-refractivity contribution is 1.17. The SMILES string of the molecule is Clc1ccc(-c2cccc(-c3ccccc3)c2)cc1.[B].c1ccc(-c2ccc(-n3c4ccccc4c4c5c(ccc43)Cc3ccccc3-5)cc2)cc1.c1ccc(-c2ccc(-n3c4ccccc4c4c5c6ccccc6n(-c6ccc(-c7cccc(-c8ccccc8)c7)cc6)c5ccc43)cc2)cc1. The minimum absolute atomic E-state index is 0. The summed E-state index contributed by atoms with van der Waals surface area (Å²) >= 11 is 5.93. The van der Waals surface area contributed by atoms with Crippen LogP contribution in [-0.2, 0) is 6.42 Å². The summed E-state index contributed by atoms with van der Waals surface area (Å²) in [6.45, 7) is 0. The molecule has 3 heterocycles. The van der Waals surface area contributed by atoms with Crippen molar-refractivity contribution in [2.24, 2.45) is 0 Å². The van der Waals surface area contributed by atoms with E-state index in [-0.39, 0.29) is 8.41 Å². The zero-order chi connectivity index (χ0) is 67.2. The second-order valence-corrected chi connectivity index (χ2v) is 26.4. The predicted molar refractivity (Wildman–Crippen MR) is 434 cm³/mol. The molecule has 0 aliphatic heterocycles. The van der Waals surface area contributed by atoms with E-state index < -0.39 is 0 Å². The fourth-order valence-corrected chi connectivity index (χ4v) is 15.5. The molecular formula is C97H66BClN3. The van der Waals surface area contributed by atoms with Crippen LogP contribution in [0.5, 0.6) is 0 Å². The van der Waals surface area contributed by atoms with E-state index in [9.17, 15) is 0 Å². The van der Waals surface area contributed by atoms with Crippen molar-refractivity contribution in [1.82, 2.24) is 13.7 Å². The highest BCUT2D eigenvalue weighted by Gasteiger charge is 2.25. The van der Waals surface area contributed by atoms with Gasteiger partial charge in [0.15, 0.2) is 0 Å². The molecule has 16 aromatic carbocycles. The van der Waals surface area contributed by atoms with Gasteiger partial charge in [0.25, 0.3) is 0 Å². The number of para-hydroxylation sites is 3. The van der Waals surface area contributed by atoms with Gasteiger partial charge in [0, 0.05) is 62.8 Å². The fraction of sp³-hybridized carbons (Fsp3) is 0.0103. The second-order valence-electron chi connectivity index (χ2n) is 26.0. The van der Waals surface area contributed by atoms with Crippen LogP contribution < -0.4 is 0 Å². The van der Waals surface area contributed by atoms with Gasteiger partial charge in [-0.05, 0) is 192 Å². The summed E-state index contributed by atoms with van der Waals surface area (Å²) < 4.78 is 7.26. The first-order valence-corrected chi connectivity index (χ1v) is 35.0. The summed E-state index contributed by atoms with van der Waals surface area (Å²) in [6, 6.07) is 139. The van der Waals surface area contributed by atoms with Gasteiger partial charge in [0.1, 0.15) is 0 Å². The smallest absolute Gasteiger partial charge is 0.0548 e. The van der Waals surface area contributed by atoms with E-state index in [1.54, 1.807) is 0 Å². The summed E-state index contributed by atoms with van der Waals surface area (Å²) in [5.41, 5.74) is 31.2. The Kier molecular flexibility index (Phi) is 16.7. The van der Waals surface area contributed by atoms with Crippen molar-refractivity contribution in [1.29, 1.82) is 0 Å². The Morgan fingerprint density at radius 1 is 0.206 bits per heavy atom. The summed E-state index contributed by atoms with van der Waals surface area (Å²) in [4.78, 5) is 0. The molecule has 1 aliphatic rings. The zero-order valence-electron chi connectivity index (χ0n) is 56.0. The van der Waals surface area contributed by atoms with Crippen molar-refractivity contribution >= 4 is 85.4 Å². The first kappa shape index (κ1) is 62.8. The molecule has 0 unspecified atom stereocenters. The minimum Gasteiger partial charge on any atom is -0.309 e. The standard InChI is InChI=1S/C48H32N2.C31H21N.C18H13Cl.B/c1-3-12-33(13-4-1)35-22-26-39(27-23-35)49-43-20-9-7-18-41(43)47-45(49)30-31-46-48(47)42-19-8-10-21-44(42)50(46)40-28-24-36(25-29-40)38-17-11-16-37(32-38)34-14-5-2-6-15-34;1-2-8-21(9-3-1)22-14-17-25(18-15-22)32-28-13-7-6-12-27(28)31-29(32)19-16-24-20-23-10-4-5-11-26(23)30(24)31;19-18-11-9-15(10-12-18)17-8-4-7-16(13-17)14-5-2-1-3-6-14;/h1-32H;1-19H,20H2;1-13H;. The second kappa shape index (κ2) is 27.2. The van der Waals surface area contributed by atoms with Crippen molar-refractivity contribution in [2.45, 2.75) is 6.42 Å². The lowest BCUT2D eigenvalue weighted by atomic mass is 9.99. The molecular weight excluding hydrogens is 1250 g/mol. The fourth-order valence-electron chi connectivity index (χ4n) is 15.4.